The predicted octanol–water partition coefficient (Wildman–Crippen LogP) is 7.11. The van der Waals surface area contributed by atoms with Gasteiger partial charge in [0.25, 0.3) is 0 Å². The molecule has 0 radical (unpaired) electrons. The molecule has 5 nitrogen and oxygen atoms in total. The Labute approximate surface area is 218 Å². The van der Waals surface area contributed by atoms with Gasteiger partial charge in [0.05, 0.1) is 0 Å². The molecule has 0 aromatic heterocycles. The maximum Gasteiger partial charge on any atom is 0.306 e. The summed E-state index contributed by atoms with van der Waals surface area (Å²) in [4.78, 5) is 37.6. The van der Waals surface area contributed by atoms with E-state index in [1.54, 1.807) is 0 Å². The van der Waals surface area contributed by atoms with Crippen LogP contribution in [0.4, 0.5) is 0 Å². The topological polar surface area (TPSA) is 69.7 Å². The van der Waals surface area contributed by atoms with Crippen LogP contribution in [0.25, 0.3) is 0 Å². The van der Waals surface area contributed by atoms with Gasteiger partial charge in [0.1, 0.15) is 18.0 Å². The number of carbonyl (C=O) groups excluding carboxylic acids is 3. The molecule has 3 fully saturated rings. The molecule has 7 atom stereocenters. The number of fused-ring (bicyclic) bond motifs is 5. The molecule has 0 spiro atoms. The summed E-state index contributed by atoms with van der Waals surface area (Å²) in [6, 6.07) is 0. The van der Waals surface area contributed by atoms with E-state index in [-0.39, 0.29) is 46.8 Å². The molecule has 0 aromatic carbocycles. The average molecular weight is 501 g/mol. The predicted molar refractivity (Wildman–Crippen MR) is 140 cm³/mol. The van der Waals surface area contributed by atoms with Crippen LogP contribution in [0.15, 0.2) is 11.6 Å². The number of rotatable bonds is 10. The van der Waals surface area contributed by atoms with Gasteiger partial charge < -0.3 is 9.47 Å². The van der Waals surface area contributed by atoms with Gasteiger partial charge in [-0.25, -0.2) is 0 Å². The average Bonchev–Trinajstić information content (AvgIpc) is 3.13. The third kappa shape index (κ3) is 5.45. The fourth-order valence-electron chi connectivity index (χ4n) is 8.25. The van der Waals surface area contributed by atoms with Crippen LogP contribution in [0.3, 0.4) is 0 Å². The van der Waals surface area contributed by atoms with Crippen molar-refractivity contribution in [2.45, 2.75) is 136 Å². The Kier molecular flexibility index (Phi) is 8.67. The first-order chi connectivity index (χ1) is 17.2. The summed E-state index contributed by atoms with van der Waals surface area (Å²) in [5, 5.41) is 0. The molecule has 4 aliphatic carbocycles. The van der Waals surface area contributed by atoms with E-state index in [2.05, 4.69) is 26.8 Å². The number of hydrogen-bond donors (Lipinski definition) is 0. The summed E-state index contributed by atoms with van der Waals surface area (Å²) in [5.41, 5.74) is 1.04. The van der Waals surface area contributed by atoms with Crippen LogP contribution in [0.1, 0.15) is 124 Å². The third-order valence-corrected chi connectivity index (χ3v) is 10.4. The molecule has 0 amide bonds. The van der Waals surface area contributed by atoms with Gasteiger partial charge in [-0.3, -0.25) is 14.4 Å². The Morgan fingerprint density at radius 2 is 1.58 bits per heavy atom. The van der Waals surface area contributed by atoms with Gasteiger partial charge in [0.15, 0.2) is 0 Å². The molecule has 3 saturated carbocycles. The lowest BCUT2D eigenvalue weighted by Gasteiger charge is -2.58. The first-order valence-corrected chi connectivity index (χ1v) is 14.8. The SMILES string of the molecule is CCCCCCCCCC(=O)O[C@@H]1C=C2C[C@@H](OC(C)=O)CC[C@]2(C)C2CC[C@]3(C)C(=O)CCC3C21. The van der Waals surface area contributed by atoms with E-state index in [1.807, 2.05) is 0 Å². The molecule has 0 aliphatic heterocycles. The summed E-state index contributed by atoms with van der Waals surface area (Å²) >= 11 is 0. The molecule has 0 heterocycles. The van der Waals surface area contributed by atoms with Gasteiger partial charge in [-0.2, -0.15) is 0 Å². The van der Waals surface area contributed by atoms with Crippen molar-refractivity contribution in [1.82, 2.24) is 0 Å². The van der Waals surface area contributed by atoms with E-state index in [1.165, 1.54) is 44.6 Å². The summed E-state index contributed by atoms with van der Waals surface area (Å²) in [6.07, 6.45) is 16.6. The summed E-state index contributed by atoms with van der Waals surface area (Å²) in [7, 11) is 0. The second kappa shape index (κ2) is 11.4. The van der Waals surface area contributed by atoms with Gasteiger partial charge >= 0.3 is 11.9 Å². The molecule has 0 bridgehead atoms. The van der Waals surface area contributed by atoms with E-state index >= 15 is 0 Å². The number of hydrogen-bond acceptors (Lipinski definition) is 5. The Balaban J connectivity index is 1.49. The number of ether oxygens (including phenoxy) is 2. The van der Waals surface area contributed by atoms with E-state index in [9.17, 15) is 14.4 Å². The molecular weight excluding hydrogens is 452 g/mol. The lowest BCUT2D eigenvalue weighted by Crippen LogP contribution is -2.55. The molecule has 4 aliphatic rings. The Bertz CT molecular complexity index is 861. The standard InChI is InChI=1S/C31H48O5/c1-5-6-7-8-9-10-11-12-28(34)36-26-20-22-19-23(35-21(2)32)15-17-30(22,3)25-16-18-31(4)24(29(25)26)13-14-27(31)33/h20,23-26,29H,5-19H2,1-4H3/t23-,24?,25?,26+,29?,30-,31-/m0/s1. The molecule has 202 valence electrons. The van der Waals surface area contributed by atoms with Crippen LogP contribution in [-0.4, -0.2) is 29.9 Å². The quantitative estimate of drug-likeness (QED) is 0.182. The minimum Gasteiger partial charge on any atom is -0.462 e. The summed E-state index contributed by atoms with van der Waals surface area (Å²) < 4.78 is 11.9. The van der Waals surface area contributed by atoms with Crippen LogP contribution >= 0.6 is 0 Å². The minimum atomic E-state index is -0.277. The van der Waals surface area contributed by atoms with Crippen LogP contribution in [0.5, 0.6) is 0 Å². The fraction of sp³-hybridized carbons (Fsp3) is 0.839. The largest absolute Gasteiger partial charge is 0.462 e. The molecule has 0 aromatic rings. The maximum absolute atomic E-state index is 13.0. The van der Waals surface area contributed by atoms with Crippen molar-refractivity contribution in [3.05, 3.63) is 11.6 Å². The molecular formula is C31H48O5. The normalized spacial score (nSPS) is 37.4. The van der Waals surface area contributed by atoms with Crippen molar-refractivity contribution >= 4 is 17.7 Å². The second-order valence-corrected chi connectivity index (χ2v) is 12.6. The molecule has 3 unspecified atom stereocenters. The fourth-order valence-corrected chi connectivity index (χ4v) is 8.25. The zero-order valence-electron chi connectivity index (χ0n) is 23.1. The van der Waals surface area contributed by atoms with Gasteiger partial charge in [0, 0.05) is 37.5 Å². The van der Waals surface area contributed by atoms with E-state index in [0.717, 1.165) is 51.4 Å². The Hall–Kier alpha value is -1.65. The van der Waals surface area contributed by atoms with E-state index < -0.39 is 0 Å². The zero-order chi connectivity index (χ0) is 25.9. The van der Waals surface area contributed by atoms with Crippen molar-refractivity contribution in [1.29, 1.82) is 0 Å². The number of ketones is 1. The summed E-state index contributed by atoms with van der Waals surface area (Å²) in [5.74, 6) is 0.951. The minimum absolute atomic E-state index is 0.0235. The number of Topliss-reactive ketones (excluding diaryl/α,β-unsaturated/α-hetero) is 1. The summed E-state index contributed by atoms with van der Waals surface area (Å²) in [6.45, 7) is 8.24. The van der Waals surface area contributed by atoms with Crippen molar-refractivity contribution in [3.63, 3.8) is 0 Å². The monoisotopic (exact) mass is 500 g/mol. The van der Waals surface area contributed by atoms with E-state index in [0.29, 0.717) is 24.5 Å². The van der Waals surface area contributed by atoms with Crippen LogP contribution in [-0.2, 0) is 23.9 Å². The highest BCUT2D eigenvalue weighted by Crippen LogP contribution is 2.64. The van der Waals surface area contributed by atoms with Gasteiger partial charge in [0.2, 0.25) is 0 Å². The Morgan fingerprint density at radius 1 is 0.917 bits per heavy atom. The number of esters is 2. The van der Waals surface area contributed by atoms with Gasteiger partial charge in [-0.05, 0) is 61.9 Å². The smallest absolute Gasteiger partial charge is 0.306 e. The lowest BCUT2D eigenvalue weighted by atomic mass is 9.47. The van der Waals surface area contributed by atoms with Gasteiger partial charge in [-0.1, -0.05) is 64.9 Å². The molecule has 0 saturated heterocycles. The second-order valence-electron chi connectivity index (χ2n) is 12.6. The Morgan fingerprint density at radius 3 is 2.31 bits per heavy atom. The highest BCUT2D eigenvalue weighted by atomic mass is 16.5. The van der Waals surface area contributed by atoms with Crippen molar-refractivity contribution in [2.24, 2.45) is 28.6 Å². The first kappa shape index (κ1) is 27.4. The van der Waals surface area contributed by atoms with Crippen LogP contribution in [0.2, 0.25) is 0 Å². The number of unbranched alkanes of at least 4 members (excludes halogenated alkanes) is 6. The van der Waals surface area contributed by atoms with Gasteiger partial charge in [-0.15, -0.1) is 0 Å². The van der Waals surface area contributed by atoms with Crippen molar-refractivity contribution in [3.8, 4) is 0 Å². The zero-order valence-corrected chi connectivity index (χ0v) is 23.1. The molecule has 36 heavy (non-hydrogen) atoms. The van der Waals surface area contributed by atoms with Crippen molar-refractivity contribution < 1.29 is 23.9 Å². The molecule has 0 N–H and O–H groups in total. The lowest BCUT2D eigenvalue weighted by molar-refractivity contribution is -0.161. The third-order valence-electron chi connectivity index (χ3n) is 10.4. The number of carbonyl (C=O) groups is 3. The maximum atomic E-state index is 13.0. The first-order valence-electron chi connectivity index (χ1n) is 14.8. The van der Waals surface area contributed by atoms with Crippen molar-refractivity contribution in [2.75, 3.05) is 0 Å². The highest BCUT2D eigenvalue weighted by Gasteiger charge is 2.61. The molecule has 4 rings (SSSR count). The van der Waals surface area contributed by atoms with Crippen LogP contribution < -0.4 is 0 Å². The van der Waals surface area contributed by atoms with E-state index in [4.69, 9.17) is 9.47 Å². The molecule has 5 heteroatoms. The highest BCUT2D eigenvalue weighted by molar-refractivity contribution is 5.87. The van der Waals surface area contributed by atoms with Crippen LogP contribution in [0, 0.1) is 28.6 Å².